The summed E-state index contributed by atoms with van der Waals surface area (Å²) >= 11 is 1.58. The van der Waals surface area contributed by atoms with Crippen LogP contribution in [0.15, 0.2) is 85.0 Å². The van der Waals surface area contributed by atoms with E-state index in [1.54, 1.807) is 21.6 Å². The van der Waals surface area contributed by atoms with Gasteiger partial charge < -0.3 is 19.8 Å². The van der Waals surface area contributed by atoms with Crippen LogP contribution in [0.4, 0.5) is 5.69 Å². The second-order valence-corrected chi connectivity index (χ2v) is 12.9. The molecule has 2 aromatic carbocycles. The van der Waals surface area contributed by atoms with Gasteiger partial charge in [-0.2, -0.15) is 0 Å². The van der Waals surface area contributed by atoms with E-state index < -0.39 is 28.7 Å². The molecule has 0 aromatic heterocycles. The van der Waals surface area contributed by atoms with E-state index in [1.807, 2.05) is 83.8 Å². The first-order chi connectivity index (χ1) is 20.0. The maximum absolute atomic E-state index is 14.7. The summed E-state index contributed by atoms with van der Waals surface area (Å²) in [6.45, 7) is 3.35. The summed E-state index contributed by atoms with van der Waals surface area (Å²) in [5.41, 5.74) is 1.78. The van der Waals surface area contributed by atoms with Crippen LogP contribution in [0.1, 0.15) is 25.3 Å². The molecule has 2 fully saturated rings. The van der Waals surface area contributed by atoms with Crippen molar-refractivity contribution in [2.45, 2.75) is 48.3 Å². The summed E-state index contributed by atoms with van der Waals surface area (Å²) in [5.74, 6) is -1.72. The zero-order valence-corrected chi connectivity index (χ0v) is 24.2. The fraction of sp³-hybridized carbons (Fsp3) is 0.424. The van der Waals surface area contributed by atoms with Gasteiger partial charge >= 0.3 is 0 Å². The van der Waals surface area contributed by atoms with E-state index in [0.717, 1.165) is 24.1 Å². The average Bonchev–Trinajstić information content (AvgIpc) is 3.32. The van der Waals surface area contributed by atoms with Crippen molar-refractivity contribution in [3.8, 4) is 0 Å². The molecule has 41 heavy (non-hydrogen) atoms. The van der Waals surface area contributed by atoms with Gasteiger partial charge in [-0.1, -0.05) is 86.2 Å². The van der Waals surface area contributed by atoms with Gasteiger partial charge in [0.05, 0.1) is 29.2 Å². The lowest BCUT2D eigenvalue weighted by atomic mass is 9.78. The van der Waals surface area contributed by atoms with Crippen molar-refractivity contribution in [3.63, 3.8) is 0 Å². The topological polar surface area (TPSA) is 81.2 Å². The van der Waals surface area contributed by atoms with Gasteiger partial charge in [0.15, 0.2) is 0 Å². The minimum Gasteiger partial charge on any atom is -0.394 e. The fourth-order valence-corrected chi connectivity index (χ4v) is 9.04. The van der Waals surface area contributed by atoms with Crippen LogP contribution in [-0.2, 0) is 20.8 Å². The van der Waals surface area contributed by atoms with Gasteiger partial charge in [-0.25, -0.2) is 0 Å². The summed E-state index contributed by atoms with van der Waals surface area (Å²) in [6, 6.07) is 18.0. The van der Waals surface area contributed by atoms with E-state index in [0.29, 0.717) is 26.1 Å². The number of unbranched alkanes of at least 4 members (excludes halogenated alkanes) is 1. The molecular formula is C33H37N3O4S. The number of carbonyl (C=O) groups excluding carboxylic acids is 3. The van der Waals surface area contributed by atoms with Gasteiger partial charge in [0.1, 0.15) is 6.04 Å². The van der Waals surface area contributed by atoms with Gasteiger partial charge in [0.25, 0.3) is 0 Å². The lowest BCUT2D eigenvalue weighted by molar-refractivity contribution is -0.145. The number of aliphatic hydroxyl groups excluding tert-OH is 1. The van der Waals surface area contributed by atoms with Crippen LogP contribution in [0.5, 0.6) is 0 Å². The number of hydrogen-bond donors (Lipinski definition) is 1. The Labute approximate surface area is 245 Å². The molecule has 214 valence electrons. The number of amides is 3. The number of nitrogens with zero attached hydrogens (tertiary/aromatic N) is 3. The van der Waals surface area contributed by atoms with Crippen LogP contribution in [0.25, 0.3) is 0 Å². The molecule has 7 nitrogen and oxygen atoms in total. The highest BCUT2D eigenvalue weighted by molar-refractivity contribution is 8.02. The molecule has 4 aliphatic heterocycles. The van der Waals surface area contributed by atoms with Gasteiger partial charge in [-0.15, -0.1) is 11.8 Å². The minimum absolute atomic E-state index is 0.0916. The Balaban J connectivity index is 1.44. The molecular weight excluding hydrogens is 534 g/mol. The average molecular weight is 572 g/mol. The number of anilines is 1. The number of thioether (sulfide) groups is 1. The molecule has 6 atom stereocenters. The van der Waals surface area contributed by atoms with Gasteiger partial charge in [-0.05, 0) is 30.5 Å². The Hall–Kier alpha value is -3.36. The van der Waals surface area contributed by atoms with E-state index in [2.05, 4.69) is 13.0 Å². The zero-order valence-electron chi connectivity index (χ0n) is 23.3. The molecule has 2 aromatic rings. The van der Waals surface area contributed by atoms with Crippen molar-refractivity contribution in [1.29, 1.82) is 0 Å². The summed E-state index contributed by atoms with van der Waals surface area (Å²) in [5, 5.41) is 10.4. The second-order valence-electron chi connectivity index (χ2n) is 11.4. The molecule has 0 aliphatic carbocycles. The van der Waals surface area contributed by atoms with Crippen molar-refractivity contribution >= 4 is 35.2 Å². The second kappa shape index (κ2) is 11.5. The zero-order chi connectivity index (χ0) is 28.6. The Bertz CT molecular complexity index is 1350. The quantitative estimate of drug-likeness (QED) is 0.489. The summed E-state index contributed by atoms with van der Waals surface area (Å²) in [7, 11) is 0. The smallest absolute Gasteiger partial charge is 0.247 e. The Morgan fingerprint density at radius 2 is 1.68 bits per heavy atom. The molecule has 2 saturated heterocycles. The highest BCUT2D eigenvalue weighted by Crippen LogP contribution is 2.61. The summed E-state index contributed by atoms with van der Waals surface area (Å²) in [6.07, 6.45) is 10.4. The molecule has 3 amide bonds. The maximum Gasteiger partial charge on any atom is 0.247 e. The van der Waals surface area contributed by atoms with Crippen molar-refractivity contribution in [1.82, 2.24) is 9.80 Å². The molecule has 0 saturated carbocycles. The first-order valence-corrected chi connectivity index (χ1v) is 15.5. The normalized spacial score (nSPS) is 29.7. The molecule has 1 spiro atoms. The monoisotopic (exact) mass is 571 g/mol. The number of benzene rings is 2. The number of hydrogen-bond acceptors (Lipinski definition) is 5. The van der Waals surface area contributed by atoms with Crippen molar-refractivity contribution in [2.75, 3.05) is 31.1 Å². The molecule has 6 rings (SSSR count). The van der Waals surface area contributed by atoms with E-state index >= 15 is 0 Å². The van der Waals surface area contributed by atoms with Gasteiger partial charge in [-0.3, -0.25) is 14.4 Å². The van der Waals surface area contributed by atoms with E-state index in [-0.39, 0.29) is 29.6 Å². The molecule has 8 heteroatoms. The first kappa shape index (κ1) is 27.8. The maximum atomic E-state index is 14.7. The Kier molecular flexibility index (Phi) is 7.79. The molecule has 0 radical (unpaired) electrons. The van der Waals surface area contributed by atoms with Crippen molar-refractivity contribution < 1.29 is 19.5 Å². The SMILES string of the molecule is CCCCN1CC=C[C@]23S[C@H]4C=CCN(c5ccccc5)C(=O)[C@H]4[C@H]2C(=O)N([C@@H](CO)Cc2ccccc2)C3C1=O. The first-order valence-electron chi connectivity index (χ1n) is 14.6. The predicted molar refractivity (Wildman–Crippen MR) is 161 cm³/mol. The standard InChI is InChI=1S/C33H37N3O4S/c1-2-3-18-34-19-11-17-33-28(27-26(41-33)16-10-20-35(30(27)38)24-14-8-5-9-15-24)31(39)36(29(33)32(34)40)25(22-37)21-23-12-6-4-7-13-23/h4-17,25-29,37H,2-3,18-22H2,1H3/t25-,26+,27-,28+,29?,33+/m1/s1. The largest absolute Gasteiger partial charge is 0.394 e. The fourth-order valence-electron chi connectivity index (χ4n) is 7.04. The van der Waals surface area contributed by atoms with E-state index in [9.17, 15) is 19.5 Å². The van der Waals surface area contributed by atoms with Crippen LogP contribution in [0.3, 0.4) is 0 Å². The lowest BCUT2D eigenvalue weighted by Crippen LogP contribution is -2.57. The molecule has 4 aliphatic rings. The molecule has 4 heterocycles. The van der Waals surface area contributed by atoms with Crippen molar-refractivity contribution in [2.24, 2.45) is 11.8 Å². The summed E-state index contributed by atoms with van der Waals surface area (Å²) < 4.78 is -0.895. The number of para-hydroxylation sites is 1. The molecule has 1 unspecified atom stereocenters. The number of rotatable bonds is 8. The van der Waals surface area contributed by atoms with Crippen LogP contribution < -0.4 is 4.90 Å². The third-order valence-corrected chi connectivity index (χ3v) is 10.7. The van der Waals surface area contributed by atoms with E-state index in [1.165, 1.54) is 0 Å². The highest BCUT2D eigenvalue weighted by Gasteiger charge is 2.71. The van der Waals surface area contributed by atoms with Crippen molar-refractivity contribution in [3.05, 3.63) is 90.5 Å². The van der Waals surface area contributed by atoms with Crippen LogP contribution in [0.2, 0.25) is 0 Å². The third kappa shape index (κ3) is 4.71. The predicted octanol–water partition coefficient (Wildman–Crippen LogP) is 3.69. The Morgan fingerprint density at radius 3 is 2.39 bits per heavy atom. The van der Waals surface area contributed by atoms with E-state index in [4.69, 9.17) is 0 Å². The van der Waals surface area contributed by atoms with Crippen LogP contribution >= 0.6 is 11.8 Å². The number of fused-ring (bicyclic) bond motifs is 2. The molecule has 0 bridgehead atoms. The number of carbonyl (C=O) groups is 3. The summed E-state index contributed by atoms with van der Waals surface area (Å²) in [4.78, 5) is 48.7. The minimum atomic E-state index is -0.895. The highest BCUT2D eigenvalue weighted by atomic mass is 32.2. The third-order valence-electron chi connectivity index (χ3n) is 8.95. The Morgan fingerprint density at radius 1 is 0.951 bits per heavy atom. The van der Waals surface area contributed by atoms with Crippen LogP contribution in [-0.4, -0.2) is 80.9 Å². The number of likely N-dealkylation sites (tertiary alicyclic amines) is 1. The number of aliphatic hydroxyl groups is 1. The van der Waals surface area contributed by atoms with Crippen LogP contribution in [0, 0.1) is 11.8 Å². The van der Waals surface area contributed by atoms with Gasteiger partial charge in [0, 0.05) is 30.6 Å². The lowest BCUT2D eigenvalue weighted by Gasteiger charge is -2.38. The molecule has 1 N–H and O–H groups in total. The van der Waals surface area contributed by atoms with Gasteiger partial charge in [0.2, 0.25) is 17.7 Å².